The molecule has 1 N–H and O–H groups in total. The van der Waals surface area contributed by atoms with Gasteiger partial charge in [0.25, 0.3) is 0 Å². The van der Waals surface area contributed by atoms with Gasteiger partial charge in [0.15, 0.2) is 0 Å². The van der Waals surface area contributed by atoms with Crippen molar-refractivity contribution >= 4 is 0 Å². The standard InChI is InChI=1S/C22H32O/c1-14-11-16(23)12-15-13-18-21(4)9-6-8-20(2,3)17(21)7-10-22(18,5)19(14)15/h11-12,17-18,23H,6-10,13H2,1-5H3/t17?,18-,21?,22+/m1/s1. The molecule has 0 spiro atoms. The predicted molar refractivity (Wildman–Crippen MR) is 95.9 cm³/mol. The van der Waals surface area contributed by atoms with Crippen LogP contribution in [0.3, 0.4) is 0 Å². The van der Waals surface area contributed by atoms with Crippen molar-refractivity contribution in [1.82, 2.24) is 0 Å². The summed E-state index contributed by atoms with van der Waals surface area (Å²) in [5.74, 6) is 2.04. The van der Waals surface area contributed by atoms with Gasteiger partial charge in [-0.1, -0.05) is 34.1 Å². The van der Waals surface area contributed by atoms with Gasteiger partial charge in [0.1, 0.15) is 5.75 Å². The fourth-order valence-electron chi connectivity index (χ4n) is 7.45. The lowest BCUT2D eigenvalue weighted by Crippen LogP contribution is -2.55. The average Bonchev–Trinajstić information content (AvgIpc) is 2.71. The molecule has 1 heteroatoms. The highest BCUT2D eigenvalue weighted by atomic mass is 16.3. The molecule has 0 heterocycles. The van der Waals surface area contributed by atoms with Crippen LogP contribution in [0.1, 0.15) is 76.5 Å². The molecule has 0 saturated heterocycles. The highest BCUT2D eigenvalue weighted by Crippen LogP contribution is 2.67. The summed E-state index contributed by atoms with van der Waals surface area (Å²) >= 11 is 0. The van der Waals surface area contributed by atoms with E-state index in [4.69, 9.17) is 0 Å². The van der Waals surface area contributed by atoms with E-state index < -0.39 is 0 Å². The summed E-state index contributed by atoms with van der Waals surface area (Å²) in [6.45, 7) is 12.3. The molecule has 126 valence electrons. The van der Waals surface area contributed by atoms with Crippen LogP contribution >= 0.6 is 0 Å². The topological polar surface area (TPSA) is 20.2 Å². The van der Waals surface area contributed by atoms with E-state index in [9.17, 15) is 5.11 Å². The van der Waals surface area contributed by atoms with Gasteiger partial charge in [-0.3, -0.25) is 0 Å². The van der Waals surface area contributed by atoms with E-state index in [1.54, 1.807) is 5.56 Å². The highest BCUT2D eigenvalue weighted by Gasteiger charge is 2.61. The molecule has 1 aromatic carbocycles. The van der Waals surface area contributed by atoms with Crippen LogP contribution in [0.2, 0.25) is 0 Å². The number of phenols is 1. The van der Waals surface area contributed by atoms with Crippen LogP contribution in [0.15, 0.2) is 12.1 Å². The van der Waals surface area contributed by atoms with Gasteiger partial charge in [-0.05, 0) is 95.9 Å². The summed E-state index contributed by atoms with van der Waals surface area (Å²) in [6, 6.07) is 4.03. The molecule has 0 amide bonds. The van der Waals surface area contributed by atoms with Gasteiger partial charge in [-0.15, -0.1) is 0 Å². The van der Waals surface area contributed by atoms with E-state index >= 15 is 0 Å². The minimum Gasteiger partial charge on any atom is -0.508 e. The zero-order valence-corrected chi connectivity index (χ0v) is 15.5. The molecule has 4 atom stereocenters. The van der Waals surface area contributed by atoms with Crippen LogP contribution in [0.5, 0.6) is 5.75 Å². The first kappa shape index (κ1) is 15.5. The highest BCUT2D eigenvalue weighted by molar-refractivity contribution is 5.50. The zero-order valence-electron chi connectivity index (χ0n) is 15.5. The largest absolute Gasteiger partial charge is 0.508 e. The smallest absolute Gasteiger partial charge is 0.116 e. The number of hydrogen-bond acceptors (Lipinski definition) is 1. The summed E-state index contributed by atoms with van der Waals surface area (Å²) < 4.78 is 0. The second-order valence-electron chi connectivity index (χ2n) is 9.91. The number of rotatable bonds is 0. The Kier molecular flexibility index (Phi) is 3.08. The molecule has 0 radical (unpaired) electrons. The Balaban J connectivity index is 1.84. The molecule has 0 aliphatic heterocycles. The third-order valence-electron chi connectivity index (χ3n) is 8.19. The first-order chi connectivity index (χ1) is 10.7. The Labute approximate surface area is 141 Å². The van der Waals surface area contributed by atoms with Crippen molar-refractivity contribution in [3.8, 4) is 5.75 Å². The maximum absolute atomic E-state index is 10.1. The van der Waals surface area contributed by atoms with Gasteiger partial charge in [0, 0.05) is 0 Å². The molecule has 2 unspecified atom stereocenters. The van der Waals surface area contributed by atoms with Crippen molar-refractivity contribution in [3.05, 3.63) is 28.8 Å². The van der Waals surface area contributed by atoms with Gasteiger partial charge in [-0.25, -0.2) is 0 Å². The lowest BCUT2D eigenvalue weighted by atomic mass is 9.43. The molecule has 3 aliphatic carbocycles. The van der Waals surface area contributed by atoms with E-state index in [2.05, 4.69) is 40.7 Å². The maximum atomic E-state index is 10.1. The molecule has 1 aromatic rings. The van der Waals surface area contributed by atoms with E-state index in [0.29, 0.717) is 22.0 Å². The molecular weight excluding hydrogens is 280 g/mol. The molecule has 0 aromatic heterocycles. The zero-order chi connectivity index (χ0) is 16.6. The van der Waals surface area contributed by atoms with Crippen molar-refractivity contribution in [1.29, 1.82) is 0 Å². The Bertz CT molecular complexity index is 658. The van der Waals surface area contributed by atoms with E-state index in [1.807, 2.05) is 6.07 Å². The Hall–Kier alpha value is -0.980. The molecule has 4 rings (SSSR count). The molecule has 0 bridgehead atoms. The van der Waals surface area contributed by atoms with Crippen LogP contribution in [-0.4, -0.2) is 5.11 Å². The van der Waals surface area contributed by atoms with Crippen molar-refractivity contribution in [2.75, 3.05) is 0 Å². The fourth-order valence-corrected chi connectivity index (χ4v) is 7.45. The number of aryl methyl sites for hydroxylation is 1. The Morgan fingerprint density at radius 1 is 1.00 bits per heavy atom. The Morgan fingerprint density at radius 2 is 1.74 bits per heavy atom. The summed E-state index contributed by atoms with van der Waals surface area (Å²) in [5, 5.41) is 10.1. The third kappa shape index (κ3) is 1.91. The summed E-state index contributed by atoms with van der Waals surface area (Å²) in [6.07, 6.45) is 8.03. The maximum Gasteiger partial charge on any atom is 0.116 e. The van der Waals surface area contributed by atoms with Crippen LogP contribution in [0.4, 0.5) is 0 Å². The van der Waals surface area contributed by atoms with E-state index in [-0.39, 0.29) is 0 Å². The number of fused-ring (bicyclic) bond motifs is 5. The number of hydrogen-bond donors (Lipinski definition) is 1. The number of benzene rings is 1. The predicted octanol–water partition coefficient (Wildman–Crippen LogP) is 5.76. The second kappa shape index (κ2) is 4.55. The molecule has 2 saturated carbocycles. The van der Waals surface area contributed by atoms with E-state index in [0.717, 1.165) is 11.8 Å². The van der Waals surface area contributed by atoms with Gasteiger partial charge in [0.2, 0.25) is 0 Å². The van der Waals surface area contributed by atoms with Gasteiger partial charge in [0.05, 0.1) is 0 Å². The van der Waals surface area contributed by atoms with Gasteiger partial charge < -0.3 is 5.11 Å². The minimum atomic E-state index is 0.311. The lowest BCUT2D eigenvalue weighted by Gasteiger charge is -2.61. The number of aromatic hydroxyl groups is 1. The van der Waals surface area contributed by atoms with Crippen molar-refractivity contribution in [2.45, 2.75) is 78.6 Å². The number of phenolic OH excluding ortho intramolecular Hbond substituents is 1. The SMILES string of the molecule is Cc1cc(O)cc2c1[C@@]1(C)CCC3C(C)(C)CCCC3(C)[C@H]1C2. The fraction of sp³-hybridized carbons (Fsp3) is 0.727. The lowest BCUT2D eigenvalue weighted by molar-refractivity contribution is -0.0983. The minimum absolute atomic E-state index is 0.311. The first-order valence-corrected chi connectivity index (χ1v) is 9.51. The van der Waals surface area contributed by atoms with Gasteiger partial charge in [-0.2, -0.15) is 0 Å². The summed E-state index contributed by atoms with van der Waals surface area (Å²) in [5.41, 5.74) is 5.56. The van der Waals surface area contributed by atoms with Gasteiger partial charge >= 0.3 is 0 Å². The average molecular weight is 312 g/mol. The van der Waals surface area contributed by atoms with Crippen LogP contribution < -0.4 is 0 Å². The Morgan fingerprint density at radius 3 is 2.48 bits per heavy atom. The molecular formula is C22H32O. The normalized spacial score (nSPS) is 41.1. The quantitative estimate of drug-likeness (QED) is 0.646. The second-order valence-corrected chi connectivity index (χ2v) is 9.91. The molecule has 23 heavy (non-hydrogen) atoms. The third-order valence-corrected chi connectivity index (χ3v) is 8.19. The van der Waals surface area contributed by atoms with E-state index in [1.165, 1.54) is 49.7 Å². The van der Waals surface area contributed by atoms with Crippen molar-refractivity contribution < 1.29 is 5.11 Å². The summed E-state index contributed by atoms with van der Waals surface area (Å²) in [4.78, 5) is 0. The molecule has 2 fully saturated rings. The molecule has 3 aliphatic rings. The first-order valence-electron chi connectivity index (χ1n) is 9.51. The summed E-state index contributed by atoms with van der Waals surface area (Å²) in [7, 11) is 0. The van der Waals surface area contributed by atoms with Crippen molar-refractivity contribution in [3.63, 3.8) is 0 Å². The van der Waals surface area contributed by atoms with Crippen LogP contribution in [0.25, 0.3) is 0 Å². The monoisotopic (exact) mass is 312 g/mol. The van der Waals surface area contributed by atoms with Crippen LogP contribution in [0, 0.1) is 29.6 Å². The van der Waals surface area contributed by atoms with Crippen LogP contribution in [-0.2, 0) is 11.8 Å². The van der Waals surface area contributed by atoms with Crippen molar-refractivity contribution in [2.24, 2.45) is 22.7 Å². The molecule has 1 nitrogen and oxygen atoms in total.